The predicted molar refractivity (Wildman–Crippen MR) is 75.2 cm³/mol. The van der Waals surface area contributed by atoms with Crippen molar-refractivity contribution in [1.29, 1.82) is 0 Å². The van der Waals surface area contributed by atoms with E-state index in [0.29, 0.717) is 13.2 Å². The molecule has 0 aliphatic rings. The summed E-state index contributed by atoms with van der Waals surface area (Å²) in [7, 11) is 0. The van der Waals surface area contributed by atoms with Crippen LogP contribution in [0.1, 0.15) is 18.5 Å². The number of rotatable bonds is 5. The zero-order valence-corrected chi connectivity index (χ0v) is 11.0. The van der Waals surface area contributed by atoms with Crippen molar-refractivity contribution in [2.75, 3.05) is 6.61 Å². The van der Waals surface area contributed by atoms with E-state index in [9.17, 15) is 4.79 Å². The molecule has 0 spiro atoms. The predicted octanol–water partition coefficient (Wildman–Crippen LogP) is 1.95. The van der Waals surface area contributed by atoms with E-state index in [0.717, 1.165) is 11.3 Å². The van der Waals surface area contributed by atoms with Crippen LogP contribution in [0.2, 0.25) is 0 Å². The van der Waals surface area contributed by atoms with E-state index in [2.05, 4.69) is 0 Å². The monoisotopic (exact) mass is 258 g/mol. The van der Waals surface area contributed by atoms with Crippen LogP contribution in [0.15, 0.2) is 53.5 Å². The molecule has 2 rings (SSSR count). The van der Waals surface area contributed by atoms with Crippen LogP contribution < -0.4 is 16.0 Å². The molecule has 0 saturated heterocycles. The molecular weight excluding hydrogens is 240 g/mol. The van der Waals surface area contributed by atoms with Gasteiger partial charge in [0, 0.05) is 18.3 Å². The minimum Gasteiger partial charge on any atom is -0.492 e. The van der Waals surface area contributed by atoms with Crippen molar-refractivity contribution in [2.24, 2.45) is 5.73 Å². The maximum Gasteiger partial charge on any atom is 0.250 e. The lowest BCUT2D eigenvalue weighted by Gasteiger charge is -2.09. The number of nitrogens with two attached hydrogens (primary N) is 1. The molecule has 1 unspecified atom stereocenters. The Bertz CT molecular complexity index is 573. The summed E-state index contributed by atoms with van der Waals surface area (Å²) in [5.74, 6) is 0.786. The molecule has 2 aromatic rings. The van der Waals surface area contributed by atoms with Gasteiger partial charge in [-0.15, -0.1) is 0 Å². The van der Waals surface area contributed by atoms with Crippen LogP contribution in [0, 0.1) is 0 Å². The Morgan fingerprint density at radius 3 is 2.58 bits per heavy atom. The van der Waals surface area contributed by atoms with Gasteiger partial charge in [-0.3, -0.25) is 4.79 Å². The minimum atomic E-state index is -0.0154. The average molecular weight is 258 g/mol. The van der Waals surface area contributed by atoms with Crippen molar-refractivity contribution in [3.8, 4) is 5.75 Å². The van der Waals surface area contributed by atoms with Crippen LogP contribution in [0.25, 0.3) is 0 Å². The summed E-state index contributed by atoms with van der Waals surface area (Å²) in [6.07, 6.45) is 1.75. The Hall–Kier alpha value is -2.07. The van der Waals surface area contributed by atoms with E-state index in [4.69, 9.17) is 10.5 Å². The fraction of sp³-hybridized carbons (Fsp3) is 0.267. The van der Waals surface area contributed by atoms with Gasteiger partial charge in [-0.1, -0.05) is 18.2 Å². The molecule has 1 aromatic carbocycles. The molecule has 0 saturated carbocycles. The maximum absolute atomic E-state index is 11.5. The van der Waals surface area contributed by atoms with Crippen molar-refractivity contribution >= 4 is 0 Å². The Kier molecular flexibility index (Phi) is 4.36. The third-order valence-electron chi connectivity index (χ3n) is 2.91. The topological polar surface area (TPSA) is 57.2 Å². The molecule has 2 N–H and O–H groups in total. The highest BCUT2D eigenvalue weighted by atomic mass is 16.5. The molecule has 4 nitrogen and oxygen atoms in total. The highest BCUT2D eigenvalue weighted by molar-refractivity contribution is 5.28. The van der Waals surface area contributed by atoms with E-state index in [1.165, 1.54) is 6.07 Å². The third-order valence-corrected chi connectivity index (χ3v) is 2.91. The molecule has 19 heavy (non-hydrogen) atoms. The van der Waals surface area contributed by atoms with Gasteiger partial charge in [0.05, 0.1) is 6.54 Å². The van der Waals surface area contributed by atoms with Gasteiger partial charge in [0.15, 0.2) is 0 Å². The first-order valence-corrected chi connectivity index (χ1v) is 6.30. The van der Waals surface area contributed by atoms with Gasteiger partial charge >= 0.3 is 0 Å². The van der Waals surface area contributed by atoms with Crippen molar-refractivity contribution in [3.05, 3.63) is 64.6 Å². The largest absolute Gasteiger partial charge is 0.492 e. The summed E-state index contributed by atoms with van der Waals surface area (Å²) in [5, 5.41) is 0. The molecule has 0 amide bonds. The minimum absolute atomic E-state index is 0.0154. The van der Waals surface area contributed by atoms with Gasteiger partial charge < -0.3 is 15.0 Å². The molecule has 1 heterocycles. The number of aromatic nitrogens is 1. The standard InChI is InChI=1S/C15H18N2O2/c1-12(16)13-5-7-14(8-6-13)19-11-10-17-9-3-2-4-15(17)18/h2-9,12H,10-11,16H2,1H3. The van der Waals surface area contributed by atoms with Gasteiger partial charge in [-0.05, 0) is 30.7 Å². The molecule has 0 aliphatic carbocycles. The Morgan fingerprint density at radius 1 is 1.21 bits per heavy atom. The van der Waals surface area contributed by atoms with E-state index >= 15 is 0 Å². The molecule has 1 aromatic heterocycles. The lowest BCUT2D eigenvalue weighted by Crippen LogP contribution is -2.21. The maximum atomic E-state index is 11.5. The number of pyridine rings is 1. The molecular formula is C15H18N2O2. The number of benzene rings is 1. The smallest absolute Gasteiger partial charge is 0.250 e. The van der Waals surface area contributed by atoms with Crippen LogP contribution in [0.5, 0.6) is 5.75 Å². The normalized spacial score (nSPS) is 12.1. The van der Waals surface area contributed by atoms with Crippen molar-refractivity contribution < 1.29 is 4.74 Å². The quantitative estimate of drug-likeness (QED) is 0.891. The van der Waals surface area contributed by atoms with E-state index in [-0.39, 0.29) is 11.6 Å². The van der Waals surface area contributed by atoms with E-state index < -0.39 is 0 Å². The summed E-state index contributed by atoms with van der Waals surface area (Å²) in [5.41, 5.74) is 6.84. The van der Waals surface area contributed by atoms with Crippen molar-refractivity contribution in [2.45, 2.75) is 19.5 Å². The molecule has 0 fully saturated rings. The third kappa shape index (κ3) is 3.69. The first-order chi connectivity index (χ1) is 9.16. The highest BCUT2D eigenvalue weighted by Crippen LogP contribution is 2.15. The van der Waals surface area contributed by atoms with Gasteiger partial charge in [-0.2, -0.15) is 0 Å². The Labute approximate surface area is 112 Å². The van der Waals surface area contributed by atoms with E-state index in [1.807, 2.05) is 37.3 Å². The van der Waals surface area contributed by atoms with Crippen LogP contribution in [0.3, 0.4) is 0 Å². The van der Waals surface area contributed by atoms with Crippen LogP contribution in [0.4, 0.5) is 0 Å². The fourth-order valence-electron chi connectivity index (χ4n) is 1.77. The molecule has 0 aliphatic heterocycles. The first-order valence-electron chi connectivity index (χ1n) is 6.30. The Morgan fingerprint density at radius 2 is 1.95 bits per heavy atom. The van der Waals surface area contributed by atoms with Gasteiger partial charge in [-0.25, -0.2) is 0 Å². The highest BCUT2D eigenvalue weighted by Gasteiger charge is 2.00. The molecule has 100 valence electrons. The summed E-state index contributed by atoms with van der Waals surface area (Å²) in [6, 6.07) is 12.8. The van der Waals surface area contributed by atoms with E-state index in [1.54, 1.807) is 16.8 Å². The number of hydrogen-bond acceptors (Lipinski definition) is 3. The summed E-state index contributed by atoms with van der Waals surface area (Å²) >= 11 is 0. The van der Waals surface area contributed by atoms with Crippen LogP contribution in [-0.4, -0.2) is 11.2 Å². The fourth-order valence-corrected chi connectivity index (χ4v) is 1.77. The summed E-state index contributed by atoms with van der Waals surface area (Å²) in [4.78, 5) is 11.5. The van der Waals surface area contributed by atoms with Crippen molar-refractivity contribution in [3.63, 3.8) is 0 Å². The Balaban J connectivity index is 1.89. The molecule has 0 bridgehead atoms. The SMILES string of the molecule is CC(N)c1ccc(OCCn2ccccc2=O)cc1. The van der Waals surface area contributed by atoms with Gasteiger partial charge in [0.25, 0.3) is 5.56 Å². The second kappa shape index (κ2) is 6.20. The molecule has 0 radical (unpaired) electrons. The second-order valence-corrected chi connectivity index (χ2v) is 4.44. The summed E-state index contributed by atoms with van der Waals surface area (Å²) < 4.78 is 7.22. The van der Waals surface area contributed by atoms with Crippen molar-refractivity contribution in [1.82, 2.24) is 4.57 Å². The lowest BCUT2D eigenvalue weighted by molar-refractivity contribution is 0.296. The first kappa shape index (κ1) is 13.4. The number of ether oxygens (including phenoxy) is 1. The number of nitrogens with zero attached hydrogens (tertiary/aromatic N) is 1. The van der Waals surface area contributed by atoms with Gasteiger partial charge in [0.1, 0.15) is 12.4 Å². The number of hydrogen-bond donors (Lipinski definition) is 1. The molecule has 1 atom stereocenters. The zero-order chi connectivity index (χ0) is 13.7. The lowest BCUT2D eigenvalue weighted by atomic mass is 10.1. The molecule has 4 heteroatoms. The van der Waals surface area contributed by atoms with Crippen LogP contribution >= 0.6 is 0 Å². The average Bonchev–Trinajstić information content (AvgIpc) is 2.41. The second-order valence-electron chi connectivity index (χ2n) is 4.44. The zero-order valence-electron chi connectivity index (χ0n) is 11.0. The van der Waals surface area contributed by atoms with Crippen LogP contribution in [-0.2, 0) is 6.54 Å². The summed E-state index contributed by atoms with van der Waals surface area (Å²) in [6.45, 7) is 2.94. The van der Waals surface area contributed by atoms with Gasteiger partial charge in [0.2, 0.25) is 0 Å².